The lowest BCUT2D eigenvalue weighted by Crippen LogP contribution is -2.50. The van der Waals surface area contributed by atoms with Crippen molar-refractivity contribution in [3.63, 3.8) is 0 Å². The Labute approximate surface area is 154 Å². The number of halogens is 1. The second kappa shape index (κ2) is 8.09. The zero-order valence-corrected chi connectivity index (χ0v) is 15.4. The van der Waals surface area contributed by atoms with Crippen LogP contribution in [0.5, 0.6) is 0 Å². The number of carbonyl (C=O) groups excluding carboxylic acids is 2. The highest BCUT2D eigenvalue weighted by atomic mass is 35.5. The summed E-state index contributed by atoms with van der Waals surface area (Å²) in [5, 5.41) is 6.67. The van der Waals surface area contributed by atoms with Crippen LogP contribution < -0.4 is 10.6 Å². The molecule has 1 saturated heterocycles. The van der Waals surface area contributed by atoms with Crippen molar-refractivity contribution < 1.29 is 9.59 Å². The molecule has 5 nitrogen and oxygen atoms in total. The summed E-state index contributed by atoms with van der Waals surface area (Å²) in [5.41, 5.74) is 1.55. The monoisotopic (exact) mass is 363 g/mol. The van der Waals surface area contributed by atoms with Crippen LogP contribution in [-0.2, 0) is 4.79 Å². The van der Waals surface area contributed by atoms with Gasteiger partial charge in [-0.2, -0.15) is 0 Å². The molecule has 2 N–H and O–H groups in total. The Morgan fingerprint density at radius 2 is 1.88 bits per heavy atom. The quantitative estimate of drug-likeness (QED) is 0.849. The van der Waals surface area contributed by atoms with Crippen LogP contribution in [0.15, 0.2) is 18.2 Å². The Morgan fingerprint density at radius 1 is 1.12 bits per heavy atom. The summed E-state index contributed by atoms with van der Waals surface area (Å²) in [6.45, 7) is 2.51. The minimum absolute atomic E-state index is 0.104. The molecule has 1 unspecified atom stereocenters. The van der Waals surface area contributed by atoms with Gasteiger partial charge in [-0.05, 0) is 50.3 Å². The third kappa shape index (κ3) is 4.27. The summed E-state index contributed by atoms with van der Waals surface area (Å²) in [6, 6.07) is 5.18. The van der Waals surface area contributed by atoms with Gasteiger partial charge in [0.2, 0.25) is 5.91 Å². The lowest BCUT2D eigenvalue weighted by atomic mass is 9.96. The molecule has 2 fully saturated rings. The predicted molar refractivity (Wildman–Crippen MR) is 100.0 cm³/mol. The van der Waals surface area contributed by atoms with Crippen molar-refractivity contribution in [1.29, 1.82) is 0 Å². The molecule has 0 radical (unpaired) electrons. The van der Waals surface area contributed by atoms with Crippen LogP contribution in [0.25, 0.3) is 0 Å². The van der Waals surface area contributed by atoms with E-state index in [9.17, 15) is 9.59 Å². The van der Waals surface area contributed by atoms with Crippen molar-refractivity contribution in [3.8, 4) is 0 Å². The second-order valence-corrected chi connectivity index (χ2v) is 7.44. The number of rotatable bonds is 3. The van der Waals surface area contributed by atoms with Crippen LogP contribution in [-0.4, -0.2) is 35.5 Å². The fourth-order valence-electron chi connectivity index (χ4n) is 3.75. The topological polar surface area (TPSA) is 61.4 Å². The molecule has 0 aromatic heterocycles. The Kier molecular flexibility index (Phi) is 5.84. The summed E-state index contributed by atoms with van der Waals surface area (Å²) in [6.07, 6.45) is 7.22. The summed E-state index contributed by atoms with van der Waals surface area (Å²) >= 11 is 6.12. The van der Waals surface area contributed by atoms with Gasteiger partial charge < -0.3 is 15.5 Å². The van der Waals surface area contributed by atoms with Crippen LogP contribution in [0, 0.1) is 6.92 Å². The fraction of sp³-hybridized carbons (Fsp3) is 0.579. The molecule has 6 heteroatoms. The summed E-state index contributed by atoms with van der Waals surface area (Å²) in [7, 11) is 0. The number of carbonyl (C=O) groups is 2. The molecule has 1 aromatic rings. The van der Waals surface area contributed by atoms with Gasteiger partial charge in [0, 0.05) is 23.3 Å². The third-order valence-electron chi connectivity index (χ3n) is 5.27. The maximum atomic E-state index is 12.7. The van der Waals surface area contributed by atoms with E-state index >= 15 is 0 Å². The zero-order valence-electron chi connectivity index (χ0n) is 14.7. The van der Waals surface area contributed by atoms with E-state index in [-0.39, 0.29) is 18.0 Å². The molecule has 136 valence electrons. The number of likely N-dealkylation sites (tertiary alicyclic amines) is 1. The highest BCUT2D eigenvalue weighted by Gasteiger charge is 2.35. The van der Waals surface area contributed by atoms with E-state index in [1.807, 2.05) is 19.1 Å². The van der Waals surface area contributed by atoms with E-state index in [0.717, 1.165) is 24.8 Å². The average molecular weight is 364 g/mol. The van der Waals surface area contributed by atoms with Crippen LogP contribution >= 0.6 is 11.6 Å². The highest BCUT2D eigenvalue weighted by Crippen LogP contribution is 2.25. The number of amides is 3. The first-order valence-corrected chi connectivity index (χ1v) is 9.57. The minimum Gasteiger partial charge on any atom is -0.335 e. The normalized spacial score (nSPS) is 21.2. The summed E-state index contributed by atoms with van der Waals surface area (Å²) < 4.78 is 0. The lowest BCUT2D eigenvalue weighted by molar-refractivity contribution is -0.119. The molecule has 0 bridgehead atoms. The molecule has 25 heavy (non-hydrogen) atoms. The summed E-state index contributed by atoms with van der Waals surface area (Å²) in [5.74, 6) is -0.137. The highest BCUT2D eigenvalue weighted by molar-refractivity contribution is 6.31. The lowest BCUT2D eigenvalue weighted by Gasteiger charge is -2.29. The van der Waals surface area contributed by atoms with Gasteiger partial charge >= 0.3 is 6.03 Å². The fourth-order valence-corrected chi connectivity index (χ4v) is 3.92. The van der Waals surface area contributed by atoms with Crippen molar-refractivity contribution in [1.82, 2.24) is 10.2 Å². The summed E-state index contributed by atoms with van der Waals surface area (Å²) in [4.78, 5) is 27.0. The van der Waals surface area contributed by atoms with Gasteiger partial charge in [0.1, 0.15) is 6.04 Å². The van der Waals surface area contributed by atoms with Gasteiger partial charge in [-0.3, -0.25) is 4.79 Å². The molecule has 1 aromatic carbocycles. The molecule has 3 amide bonds. The Bertz CT molecular complexity index is 644. The van der Waals surface area contributed by atoms with Crippen LogP contribution in [0.1, 0.15) is 50.5 Å². The SMILES string of the molecule is Cc1c(Cl)cccc1NC(=O)C1CCCN1C(=O)NC1CCCCC1. The minimum atomic E-state index is -0.415. The second-order valence-electron chi connectivity index (χ2n) is 7.04. The standard InChI is InChI=1S/C19H26ClN3O2/c1-13-15(20)9-5-10-16(13)22-18(24)17-11-6-12-23(17)19(25)21-14-7-3-2-4-8-14/h5,9-10,14,17H,2-4,6-8,11-12H2,1H3,(H,21,25)(H,22,24). The van der Waals surface area contributed by atoms with E-state index in [2.05, 4.69) is 10.6 Å². The molecule has 0 spiro atoms. The number of anilines is 1. The first kappa shape index (κ1) is 18.1. The number of nitrogens with zero attached hydrogens (tertiary/aromatic N) is 1. The smallest absolute Gasteiger partial charge is 0.318 e. The molecule has 1 aliphatic heterocycles. The van der Waals surface area contributed by atoms with Gasteiger partial charge in [-0.25, -0.2) is 4.79 Å². The van der Waals surface area contributed by atoms with E-state index in [4.69, 9.17) is 11.6 Å². The number of urea groups is 1. The number of hydrogen-bond donors (Lipinski definition) is 2. The van der Waals surface area contributed by atoms with Gasteiger partial charge in [-0.15, -0.1) is 0 Å². The molecule has 1 heterocycles. The van der Waals surface area contributed by atoms with Crippen molar-refractivity contribution in [2.45, 2.75) is 64.0 Å². The maximum Gasteiger partial charge on any atom is 0.318 e. The van der Waals surface area contributed by atoms with E-state index in [1.165, 1.54) is 19.3 Å². The van der Waals surface area contributed by atoms with Crippen molar-refractivity contribution >= 4 is 29.2 Å². The number of nitrogens with one attached hydrogen (secondary N) is 2. The number of benzene rings is 1. The van der Waals surface area contributed by atoms with E-state index in [1.54, 1.807) is 11.0 Å². The van der Waals surface area contributed by atoms with Gasteiger partial charge in [0.25, 0.3) is 0 Å². The number of hydrogen-bond acceptors (Lipinski definition) is 2. The van der Waals surface area contributed by atoms with Crippen molar-refractivity contribution in [2.75, 3.05) is 11.9 Å². The Morgan fingerprint density at radius 3 is 2.64 bits per heavy atom. The molecular weight excluding hydrogens is 338 g/mol. The largest absolute Gasteiger partial charge is 0.335 e. The third-order valence-corrected chi connectivity index (χ3v) is 5.68. The van der Waals surface area contributed by atoms with Crippen LogP contribution in [0.4, 0.5) is 10.5 Å². The van der Waals surface area contributed by atoms with Crippen molar-refractivity contribution in [3.05, 3.63) is 28.8 Å². The van der Waals surface area contributed by atoms with Crippen LogP contribution in [0.3, 0.4) is 0 Å². The average Bonchev–Trinajstić information content (AvgIpc) is 3.10. The zero-order chi connectivity index (χ0) is 17.8. The molecular formula is C19H26ClN3O2. The van der Waals surface area contributed by atoms with E-state index in [0.29, 0.717) is 23.7 Å². The Balaban J connectivity index is 1.63. The van der Waals surface area contributed by atoms with Gasteiger partial charge in [-0.1, -0.05) is 36.9 Å². The van der Waals surface area contributed by atoms with Gasteiger partial charge in [0.05, 0.1) is 0 Å². The Hall–Kier alpha value is -1.75. The first-order chi connectivity index (χ1) is 12.1. The first-order valence-electron chi connectivity index (χ1n) is 9.19. The predicted octanol–water partition coefficient (Wildman–Crippen LogP) is 4.09. The molecule has 2 aliphatic rings. The maximum absolute atomic E-state index is 12.7. The molecule has 1 atom stereocenters. The van der Waals surface area contributed by atoms with E-state index < -0.39 is 6.04 Å². The molecule has 3 rings (SSSR count). The molecule has 1 aliphatic carbocycles. The molecule has 1 saturated carbocycles. The van der Waals surface area contributed by atoms with Crippen LogP contribution in [0.2, 0.25) is 5.02 Å². The van der Waals surface area contributed by atoms with Crippen molar-refractivity contribution in [2.24, 2.45) is 0 Å². The van der Waals surface area contributed by atoms with Gasteiger partial charge in [0.15, 0.2) is 0 Å².